The first kappa shape index (κ1) is 17.5. The van der Waals surface area contributed by atoms with Crippen LogP contribution in [-0.4, -0.2) is 9.76 Å². The van der Waals surface area contributed by atoms with Gasteiger partial charge < -0.3 is 4.43 Å². The SMILES string of the molecule is Cc1ccccc1O[Si]C(C)(C)C(c1ccccc1)c1ccccc1. The Labute approximate surface area is 153 Å². The molecule has 126 valence electrons. The van der Waals surface area contributed by atoms with E-state index in [1.807, 2.05) is 12.1 Å². The molecule has 0 fully saturated rings. The molecule has 3 aromatic carbocycles. The highest BCUT2D eigenvalue weighted by Gasteiger charge is 2.35. The lowest BCUT2D eigenvalue weighted by molar-refractivity contribution is 0.490. The summed E-state index contributed by atoms with van der Waals surface area (Å²) in [5, 5.41) is -0.0228. The van der Waals surface area contributed by atoms with Gasteiger partial charge in [-0.1, -0.05) is 92.7 Å². The van der Waals surface area contributed by atoms with E-state index in [-0.39, 0.29) is 11.0 Å². The van der Waals surface area contributed by atoms with E-state index >= 15 is 0 Å². The smallest absolute Gasteiger partial charge is 0.318 e. The van der Waals surface area contributed by atoms with E-state index in [0.29, 0.717) is 9.76 Å². The van der Waals surface area contributed by atoms with Crippen LogP contribution in [0.1, 0.15) is 36.5 Å². The van der Waals surface area contributed by atoms with Crippen molar-refractivity contribution in [1.29, 1.82) is 0 Å². The van der Waals surface area contributed by atoms with E-state index in [0.717, 1.165) is 5.75 Å². The van der Waals surface area contributed by atoms with Crippen molar-refractivity contribution in [2.75, 3.05) is 0 Å². The molecule has 0 saturated heterocycles. The number of aryl methyl sites for hydroxylation is 1. The molecule has 0 aliphatic carbocycles. The lowest BCUT2D eigenvalue weighted by Gasteiger charge is -2.34. The van der Waals surface area contributed by atoms with Gasteiger partial charge in [0, 0.05) is 11.0 Å². The van der Waals surface area contributed by atoms with Gasteiger partial charge in [-0.25, -0.2) is 0 Å². The van der Waals surface area contributed by atoms with Gasteiger partial charge in [-0.05, 0) is 29.7 Å². The molecule has 3 aromatic rings. The minimum atomic E-state index is -0.0228. The van der Waals surface area contributed by atoms with Crippen LogP contribution in [0.3, 0.4) is 0 Å². The predicted molar refractivity (Wildman–Crippen MR) is 106 cm³/mol. The van der Waals surface area contributed by atoms with Crippen molar-refractivity contribution in [3.63, 3.8) is 0 Å². The maximum atomic E-state index is 6.25. The summed E-state index contributed by atoms with van der Waals surface area (Å²) < 4.78 is 6.25. The Kier molecular flexibility index (Phi) is 5.39. The second-order valence-electron chi connectivity index (χ2n) is 6.95. The molecular weight excluding hydrogens is 320 g/mol. The fourth-order valence-corrected chi connectivity index (χ4v) is 4.29. The number of rotatable bonds is 6. The van der Waals surface area contributed by atoms with Gasteiger partial charge in [-0.2, -0.15) is 0 Å². The van der Waals surface area contributed by atoms with Gasteiger partial charge in [0.2, 0.25) is 0 Å². The van der Waals surface area contributed by atoms with Crippen LogP contribution in [0.2, 0.25) is 5.04 Å². The van der Waals surface area contributed by atoms with E-state index < -0.39 is 0 Å². The molecule has 1 nitrogen and oxygen atoms in total. The minimum Gasteiger partial charge on any atom is -0.540 e. The molecule has 0 aromatic heterocycles. The fourth-order valence-electron chi connectivity index (χ4n) is 3.23. The van der Waals surface area contributed by atoms with Crippen LogP contribution in [0.5, 0.6) is 5.75 Å². The molecule has 2 heteroatoms. The molecule has 0 unspecified atom stereocenters. The molecule has 0 atom stereocenters. The zero-order chi connectivity index (χ0) is 17.7. The zero-order valence-corrected chi connectivity index (χ0v) is 16.1. The second kappa shape index (κ2) is 7.71. The third kappa shape index (κ3) is 4.20. The lowest BCUT2D eigenvalue weighted by Crippen LogP contribution is -2.27. The highest BCUT2D eigenvalue weighted by molar-refractivity contribution is 6.33. The number of para-hydroxylation sites is 1. The molecule has 3 rings (SSSR count). The average Bonchev–Trinajstić information content (AvgIpc) is 2.63. The molecule has 25 heavy (non-hydrogen) atoms. The molecule has 0 spiro atoms. The van der Waals surface area contributed by atoms with Gasteiger partial charge in [0.25, 0.3) is 0 Å². The molecule has 0 saturated carbocycles. The first-order valence-corrected chi connectivity index (χ1v) is 9.58. The number of benzene rings is 3. The summed E-state index contributed by atoms with van der Waals surface area (Å²) in [6, 6.07) is 29.7. The van der Waals surface area contributed by atoms with Gasteiger partial charge in [-0.15, -0.1) is 0 Å². The standard InChI is InChI=1S/C23H24OSi/c1-18-12-10-11-17-21(18)24-25-23(2,3)22(19-13-6-4-7-14-19)20-15-8-5-9-16-20/h4-17,22H,1-3H3. The van der Waals surface area contributed by atoms with Gasteiger partial charge in [0.1, 0.15) is 5.75 Å². The molecule has 0 aliphatic rings. The number of hydrogen-bond acceptors (Lipinski definition) is 1. The van der Waals surface area contributed by atoms with E-state index in [2.05, 4.69) is 93.6 Å². The molecular formula is C23H24OSi. The highest BCUT2D eigenvalue weighted by atomic mass is 28.2. The van der Waals surface area contributed by atoms with Crippen LogP contribution in [0.4, 0.5) is 0 Å². The molecule has 2 radical (unpaired) electrons. The summed E-state index contributed by atoms with van der Waals surface area (Å²) >= 11 is 0. The van der Waals surface area contributed by atoms with E-state index in [1.165, 1.54) is 16.7 Å². The van der Waals surface area contributed by atoms with Gasteiger partial charge in [0.05, 0.1) is 0 Å². The highest BCUT2D eigenvalue weighted by Crippen LogP contribution is 2.45. The summed E-state index contributed by atoms with van der Waals surface area (Å²) in [6.07, 6.45) is 0. The van der Waals surface area contributed by atoms with Crippen LogP contribution in [-0.2, 0) is 0 Å². The predicted octanol–water partition coefficient (Wildman–Crippen LogP) is 6.02. The quantitative estimate of drug-likeness (QED) is 0.497. The first-order chi connectivity index (χ1) is 12.1. The summed E-state index contributed by atoms with van der Waals surface area (Å²) in [5.74, 6) is 1.27. The summed E-state index contributed by atoms with van der Waals surface area (Å²) in [5.41, 5.74) is 3.85. The fraction of sp³-hybridized carbons (Fsp3) is 0.217. The van der Waals surface area contributed by atoms with Crippen molar-refractivity contribution in [3.8, 4) is 5.75 Å². The minimum absolute atomic E-state index is 0.0228. The summed E-state index contributed by atoms with van der Waals surface area (Å²) in [4.78, 5) is 0. The van der Waals surface area contributed by atoms with Crippen LogP contribution in [0.25, 0.3) is 0 Å². The van der Waals surface area contributed by atoms with Crippen LogP contribution < -0.4 is 4.43 Å². The van der Waals surface area contributed by atoms with Gasteiger partial charge >= 0.3 is 9.76 Å². The summed E-state index contributed by atoms with van der Waals surface area (Å²) in [7, 11) is 0.364. The van der Waals surface area contributed by atoms with Crippen molar-refractivity contribution in [2.45, 2.75) is 31.7 Å². The number of hydrogen-bond donors (Lipinski definition) is 0. The van der Waals surface area contributed by atoms with E-state index in [4.69, 9.17) is 4.43 Å². The molecule has 0 N–H and O–H groups in total. The van der Waals surface area contributed by atoms with Crippen LogP contribution >= 0.6 is 0 Å². The molecule has 0 aliphatic heterocycles. The average molecular weight is 345 g/mol. The van der Waals surface area contributed by atoms with Gasteiger partial charge in [0.15, 0.2) is 0 Å². The Hall–Kier alpha value is -2.32. The topological polar surface area (TPSA) is 9.23 Å². The molecule has 0 bridgehead atoms. The Bertz CT molecular complexity index is 757. The van der Waals surface area contributed by atoms with Crippen LogP contribution in [0.15, 0.2) is 84.9 Å². The summed E-state index contributed by atoms with van der Waals surface area (Å²) in [6.45, 7) is 6.70. The Balaban J connectivity index is 1.90. The largest absolute Gasteiger partial charge is 0.540 e. The van der Waals surface area contributed by atoms with Crippen molar-refractivity contribution >= 4 is 9.76 Å². The molecule has 0 heterocycles. The van der Waals surface area contributed by atoms with Crippen LogP contribution in [0, 0.1) is 6.92 Å². The monoisotopic (exact) mass is 344 g/mol. The molecule has 0 amide bonds. The third-order valence-electron chi connectivity index (χ3n) is 4.51. The third-order valence-corrected chi connectivity index (χ3v) is 5.64. The Morgan fingerprint density at radius 2 is 1.20 bits per heavy atom. The van der Waals surface area contributed by atoms with Crippen molar-refractivity contribution < 1.29 is 4.43 Å². The normalized spacial score (nSPS) is 11.5. The zero-order valence-electron chi connectivity index (χ0n) is 15.1. The Morgan fingerprint density at radius 1 is 0.720 bits per heavy atom. The first-order valence-electron chi connectivity index (χ1n) is 8.67. The maximum absolute atomic E-state index is 6.25. The maximum Gasteiger partial charge on any atom is 0.318 e. The van der Waals surface area contributed by atoms with E-state index in [9.17, 15) is 0 Å². The van der Waals surface area contributed by atoms with Crippen molar-refractivity contribution in [2.24, 2.45) is 0 Å². The lowest BCUT2D eigenvalue weighted by atomic mass is 9.82. The van der Waals surface area contributed by atoms with Crippen molar-refractivity contribution in [3.05, 3.63) is 102 Å². The van der Waals surface area contributed by atoms with Gasteiger partial charge in [-0.3, -0.25) is 0 Å². The van der Waals surface area contributed by atoms with Crippen molar-refractivity contribution in [1.82, 2.24) is 0 Å². The van der Waals surface area contributed by atoms with E-state index in [1.54, 1.807) is 0 Å². The Morgan fingerprint density at radius 3 is 1.72 bits per heavy atom. The second-order valence-corrected chi connectivity index (χ2v) is 8.64.